The van der Waals surface area contributed by atoms with Crippen molar-refractivity contribution in [1.82, 2.24) is 0 Å². The number of methoxy groups -OCH3 is 1. The predicted octanol–water partition coefficient (Wildman–Crippen LogP) is 1.76. The molecule has 0 fully saturated rings. The lowest BCUT2D eigenvalue weighted by atomic mass is 10.2. The second-order valence-electron chi connectivity index (χ2n) is 3.79. The van der Waals surface area contributed by atoms with Gasteiger partial charge in [-0.15, -0.1) is 0 Å². The van der Waals surface area contributed by atoms with Gasteiger partial charge >= 0.3 is 0 Å². The number of benzene rings is 1. The van der Waals surface area contributed by atoms with Gasteiger partial charge in [-0.25, -0.2) is 4.39 Å². The van der Waals surface area contributed by atoms with Crippen LogP contribution in [0.4, 0.5) is 10.1 Å². The maximum Gasteiger partial charge on any atom is 0.125 e. The summed E-state index contributed by atoms with van der Waals surface area (Å²) in [4.78, 5) is 2.00. The fourth-order valence-electron chi connectivity index (χ4n) is 1.55. The van der Waals surface area contributed by atoms with Crippen LogP contribution in [0.2, 0.25) is 0 Å². The van der Waals surface area contributed by atoms with Crippen molar-refractivity contribution in [3.63, 3.8) is 0 Å². The highest BCUT2D eigenvalue weighted by atomic mass is 19.1. The molecule has 2 N–H and O–H groups in total. The van der Waals surface area contributed by atoms with E-state index in [0.717, 1.165) is 24.2 Å². The fraction of sp³-hybridized carbons (Fsp3) is 0.500. The topological polar surface area (TPSA) is 38.5 Å². The Morgan fingerprint density at radius 2 is 2.12 bits per heavy atom. The molecule has 1 rings (SSSR count). The molecule has 0 aromatic heterocycles. The van der Waals surface area contributed by atoms with Gasteiger partial charge in [0.05, 0.1) is 0 Å². The first-order valence-corrected chi connectivity index (χ1v) is 5.37. The standard InChI is InChI=1S/C12H19FN2O/c1-15(4-3-5-16-2)12-7-10(9-14)6-11(13)8-12/h6-8H,3-5,9,14H2,1-2H3. The second kappa shape index (κ2) is 6.45. The van der Waals surface area contributed by atoms with Crippen LogP contribution in [0.15, 0.2) is 18.2 Å². The Bertz CT molecular complexity index is 331. The molecule has 1 aromatic carbocycles. The van der Waals surface area contributed by atoms with Crippen LogP contribution < -0.4 is 10.6 Å². The minimum Gasteiger partial charge on any atom is -0.385 e. The number of halogens is 1. The molecular weight excluding hydrogens is 207 g/mol. The van der Waals surface area contributed by atoms with E-state index in [1.165, 1.54) is 12.1 Å². The third kappa shape index (κ3) is 3.79. The number of ether oxygens (including phenoxy) is 1. The van der Waals surface area contributed by atoms with Crippen molar-refractivity contribution >= 4 is 5.69 Å². The summed E-state index contributed by atoms with van der Waals surface area (Å²) in [5, 5.41) is 0. The Hall–Kier alpha value is -1.13. The Kier molecular flexibility index (Phi) is 5.22. The lowest BCUT2D eigenvalue weighted by molar-refractivity contribution is 0.196. The van der Waals surface area contributed by atoms with E-state index < -0.39 is 0 Å². The van der Waals surface area contributed by atoms with Crippen molar-refractivity contribution in [3.05, 3.63) is 29.6 Å². The highest BCUT2D eigenvalue weighted by Crippen LogP contribution is 2.17. The number of nitrogens with zero attached hydrogens (tertiary/aromatic N) is 1. The fourth-order valence-corrected chi connectivity index (χ4v) is 1.55. The van der Waals surface area contributed by atoms with E-state index in [2.05, 4.69) is 0 Å². The Morgan fingerprint density at radius 1 is 1.38 bits per heavy atom. The molecule has 0 atom stereocenters. The Morgan fingerprint density at radius 3 is 2.75 bits per heavy atom. The highest BCUT2D eigenvalue weighted by molar-refractivity contribution is 5.48. The quantitative estimate of drug-likeness (QED) is 0.751. The van der Waals surface area contributed by atoms with Crippen LogP contribution in [-0.2, 0) is 11.3 Å². The molecule has 0 saturated carbocycles. The molecule has 0 bridgehead atoms. The maximum atomic E-state index is 13.3. The van der Waals surface area contributed by atoms with E-state index in [9.17, 15) is 4.39 Å². The van der Waals surface area contributed by atoms with Crippen LogP contribution >= 0.6 is 0 Å². The molecule has 0 radical (unpaired) electrons. The van der Waals surface area contributed by atoms with Gasteiger partial charge < -0.3 is 15.4 Å². The molecule has 90 valence electrons. The first-order chi connectivity index (χ1) is 7.67. The van der Waals surface area contributed by atoms with Gasteiger partial charge in [0.15, 0.2) is 0 Å². The summed E-state index contributed by atoms with van der Waals surface area (Å²) in [5.74, 6) is -0.239. The minimum absolute atomic E-state index is 0.239. The molecular formula is C12H19FN2O. The van der Waals surface area contributed by atoms with Gasteiger partial charge in [0.2, 0.25) is 0 Å². The van der Waals surface area contributed by atoms with E-state index in [0.29, 0.717) is 13.2 Å². The molecule has 0 aliphatic heterocycles. The van der Waals surface area contributed by atoms with Gasteiger partial charge in [0.25, 0.3) is 0 Å². The minimum atomic E-state index is -0.239. The molecule has 3 nitrogen and oxygen atoms in total. The van der Waals surface area contributed by atoms with Crippen molar-refractivity contribution in [2.45, 2.75) is 13.0 Å². The number of nitrogens with two attached hydrogens (primary N) is 1. The molecule has 0 spiro atoms. The Labute approximate surface area is 96.0 Å². The van der Waals surface area contributed by atoms with Crippen LogP contribution in [0, 0.1) is 5.82 Å². The van der Waals surface area contributed by atoms with Crippen LogP contribution in [0.25, 0.3) is 0 Å². The van der Waals surface area contributed by atoms with E-state index >= 15 is 0 Å². The molecule has 1 aromatic rings. The van der Waals surface area contributed by atoms with Crippen LogP contribution in [0.5, 0.6) is 0 Å². The van der Waals surface area contributed by atoms with E-state index in [-0.39, 0.29) is 5.82 Å². The number of hydrogen-bond acceptors (Lipinski definition) is 3. The van der Waals surface area contributed by atoms with E-state index in [1.807, 2.05) is 18.0 Å². The molecule has 0 heterocycles. The molecule has 16 heavy (non-hydrogen) atoms. The SMILES string of the molecule is COCCCN(C)c1cc(F)cc(CN)c1. The zero-order valence-electron chi connectivity index (χ0n) is 9.87. The van der Waals surface area contributed by atoms with E-state index in [4.69, 9.17) is 10.5 Å². The second-order valence-corrected chi connectivity index (χ2v) is 3.79. The normalized spacial score (nSPS) is 10.5. The summed E-state index contributed by atoms with van der Waals surface area (Å²) in [7, 11) is 3.61. The first kappa shape index (κ1) is 12.9. The summed E-state index contributed by atoms with van der Waals surface area (Å²) in [6.45, 7) is 1.90. The van der Waals surface area contributed by atoms with Gasteiger partial charge in [0.1, 0.15) is 5.82 Å². The summed E-state index contributed by atoms with van der Waals surface area (Å²) in [6.07, 6.45) is 0.918. The predicted molar refractivity (Wildman–Crippen MR) is 64.1 cm³/mol. The van der Waals surface area contributed by atoms with E-state index in [1.54, 1.807) is 7.11 Å². The van der Waals surface area contributed by atoms with Gasteiger partial charge in [-0.3, -0.25) is 0 Å². The molecule has 0 aliphatic rings. The van der Waals surface area contributed by atoms with Crippen molar-refractivity contribution in [2.75, 3.05) is 32.2 Å². The average molecular weight is 226 g/mol. The number of anilines is 1. The monoisotopic (exact) mass is 226 g/mol. The number of rotatable bonds is 6. The lowest BCUT2D eigenvalue weighted by Gasteiger charge is -2.19. The van der Waals surface area contributed by atoms with Gasteiger partial charge in [-0.2, -0.15) is 0 Å². The highest BCUT2D eigenvalue weighted by Gasteiger charge is 2.04. The van der Waals surface area contributed by atoms with Gasteiger partial charge in [0, 0.05) is 39.5 Å². The van der Waals surface area contributed by atoms with Crippen LogP contribution in [0.1, 0.15) is 12.0 Å². The zero-order valence-corrected chi connectivity index (χ0v) is 9.87. The summed E-state index contributed by atoms with van der Waals surface area (Å²) >= 11 is 0. The largest absolute Gasteiger partial charge is 0.385 e. The van der Waals surface area contributed by atoms with Gasteiger partial charge in [-0.1, -0.05) is 0 Å². The first-order valence-electron chi connectivity index (χ1n) is 5.37. The lowest BCUT2D eigenvalue weighted by Crippen LogP contribution is -2.20. The van der Waals surface area contributed by atoms with Crippen LogP contribution in [-0.4, -0.2) is 27.3 Å². The molecule has 0 saturated heterocycles. The average Bonchev–Trinajstić information content (AvgIpc) is 2.28. The van der Waals surface area contributed by atoms with Crippen molar-refractivity contribution in [1.29, 1.82) is 0 Å². The summed E-state index contributed by atoms with van der Waals surface area (Å²) < 4.78 is 18.2. The Balaban J connectivity index is 2.66. The third-order valence-corrected chi connectivity index (χ3v) is 2.46. The zero-order chi connectivity index (χ0) is 12.0. The smallest absolute Gasteiger partial charge is 0.125 e. The van der Waals surface area contributed by atoms with Crippen molar-refractivity contribution < 1.29 is 9.13 Å². The van der Waals surface area contributed by atoms with Crippen molar-refractivity contribution in [3.8, 4) is 0 Å². The summed E-state index contributed by atoms with van der Waals surface area (Å²) in [6, 6.07) is 4.90. The molecule has 0 aliphatic carbocycles. The van der Waals surface area contributed by atoms with Gasteiger partial charge in [-0.05, 0) is 30.2 Å². The summed E-state index contributed by atoms with van der Waals surface area (Å²) in [5.41, 5.74) is 7.18. The molecule has 4 heteroatoms. The molecule has 0 unspecified atom stereocenters. The van der Waals surface area contributed by atoms with Crippen molar-refractivity contribution in [2.24, 2.45) is 5.73 Å². The third-order valence-electron chi connectivity index (χ3n) is 2.46. The van der Waals surface area contributed by atoms with Crippen LogP contribution in [0.3, 0.4) is 0 Å². The maximum absolute atomic E-state index is 13.3. The number of hydrogen-bond donors (Lipinski definition) is 1. The molecule has 0 amide bonds.